The Hall–Kier alpha value is -2.58. The van der Waals surface area contributed by atoms with Gasteiger partial charge in [0.15, 0.2) is 17.0 Å². The molecule has 8 nitrogen and oxygen atoms in total. The summed E-state index contributed by atoms with van der Waals surface area (Å²) < 4.78 is 7.76. The number of benzene rings is 1. The molecule has 178 valence electrons. The van der Waals surface area contributed by atoms with Crippen molar-refractivity contribution in [2.24, 2.45) is 5.73 Å². The van der Waals surface area contributed by atoms with Crippen LogP contribution < -0.4 is 21.1 Å². The van der Waals surface area contributed by atoms with E-state index in [0.29, 0.717) is 30.6 Å². The van der Waals surface area contributed by atoms with Crippen molar-refractivity contribution in [2.45, 2.75) is 76.0 Å². The predicted octanol–water partition coefficient (Wildman–Crippen LogP) is 4.67. The molecular weight excluding hydrogens is 438 g/mol. The van der Waals surface area contributed by atoms with Crippen LogP contribution in [-0.2, 0) is 6.54 Å². The molecule has 0 aliphatic heterocycles. The van der Waals surface area contributed by atoms with Crippen LogP contribution in [0.2, 0.25) is 0 Å². The van der Waals surface area contributed by atoms with Crippen LogP contribution in [0.4, 0.5) is 11.8 Å². The van der Waals surface area contributed by atoms with Gasteiger partial charge in [0.2, 0.25) is 5.95 Å². The zero-order valence-electron chi connectivity index (χ0n) is 19.2. The highest BCUT2D eigenvalue weighted by molar-refractivity contribution is 5.85. The van der Waals surface area contributed by atoms with Crippen LogP contribution in [-0.4, -0.2) is 38.7 Å². The molecule has 0 unspecified atom stereocenters. The molecule has 0 atom stereocenters. The summed E-state index contributed by atoms with van der Waals surface area (Å²) in [6.07, 6.45) is 11.0. The van der Waals surface area contributed by atoms with E-state index in [1.807, 2.05) is 24.5 Å². The standard InChI is InChI=1S/C24H33N7O.ClH/c1-32-20-9-5-2-6-16(20)14-26-22-21-23(31(15-27-21)19-7-3-4-8-19)30-24(29-22)28-18-12-10-17(25)11-13-18;/h2,5-6,9,15,17-19H,3-4,7-8,10-14,25H2,1H3,(H2,26,28,29,30);1H. The van der Waals surface area contributed by atoms with Crippen LogP contribution in [0.15, 0.2) is 30.6 Å². The number of methoxy groups -OCH3 is 1. The molecule has 1 aromatic carbocycles. The number of imidazole rings is 1. The molecule has 2 fully saturated rings. The second-order valence-corrected chi connectivity index (χ2v) is 9.08. The van der Waals surface area contributed by atoms with Crippen molar-refractivity contribution < 1.29 is 4.74 Å². The molecule has 2 saturated carbocycles. The lowest BCUT2D eigenvalue weighted by atomic mass is 9.92. The minimum atomic E-state index is 0. The van der Waals surface area contributed by atoms with Crippen LogP contribution in [0.3, 0.4) is 0 Å². The number of anilines is 2. The minimum absolute atomic E-state index is 0. The van der Waals surface area contributed by atoms with Gasteiger partial charge in [-0.25, -0.2) is 4.98 Å². The number of para-hydroxylation sites is 1. The first-order valence-electron chi connectivity index (χ1n) is 11.8. The maximum atomic E-state index is 6.09. The van der Waals surface area contributed by atoms with E-state index in [9.17, 15) is 0 Å². The Bertz CT molecular complexity index is 1060. The highest BCUT2D eigenvalue weighted by Crippen LogP contribution is 2.33. The number of halogens is 1. The highest BCUT2D eigenvalue weighted by Gasteiger charge is 2.24. The van der Waals surface area contributed by atoms with Crippen LogP contribution >= 0.6 is 12.4 Å². The van der Waals surface area contributed by atoms with E-state index in [-0.39, 0.29) is 12.4 Å². The number of aromatic nitrogens is 4. The molecule has 5 rings (SSSR count). The average molecular weight is 472 g/mol. The second kappa shape index (κ2) is 10.6. The van der Waals surface area contributed by atoms with Crippen molar-refractivity contribution in [1.82, 2.24) is 19.5 Å². The Morgan fingerprint density at radius 3 is 2.58 bits per heavy atom. The highest BCUT2D eigenvalue weighted by atomic mass is 35.5. The molecule has 0 radical (unpaired) electrons. The van der Waals surface area contributed by atoms with E-state index in [1.54, 1.807) is 7.11 Å². The zero-order valence-corrected chi connectivity index (χ0v) is 20.0. The van der Waals surface area contributed by atoms with Crippen molar-refractivity contribution in [3.05, 3.63) is 36.2 Å². The third-order valence-electron chi connectivity index (χ3n) is 6.88. The van der Waals surface area contributed by atoms with Crippen molar-refractivity contribution in [2.75, 3.05) is 17.7 Å². The summed E-state index contributed by atoms with van der Waals surface area (Å²) in [5.74, 6) is 2.28. The molecule has 2 heterocycles. The molecule has 2 aromatic heterocycles. The normalized spacial score (nSPS) is 21.0. The van der Waals surface area contributed by atoms with E-state index in [2.05, 4.69) is 21.3 Å². The van der Waals surface area contributed by atoms with Gasteiger partial charge in [-0.05, 0) is 44.6 Å². The molecule has 2 aliphatic carbocycles. The Kier molecular flexibility index (Phi) is 7.55. The predicted molar refractivity (Wildman–Crippen MR) is 134 cm³/mol. The smallest absolute Gasteiger partial charge is 0.227 e. The van der Waals surface area contributed by atoms with Crippen molar-refractivity contribution in [1.29, 1.82) is 0 Å². The monoisotopic (exact) mass is 471 g/mol. The molecule has 0 spiro atoms. The molecule has 2 aliphatic rings. The van der Waals surface area contributed by atoms with Gasteiger partial charge in [-0.1, -0.05) is 31.0 Å². The molecule has 0 saturated heterocycles. The number of hydrogen-bond donors (Lipinski definition) is 3. The summed E-state index contributed by atoms with van der Waals surface area (Å²) in [6, 6.07) is 9.18. The molecule has 4 N–H and O–H groups in total. The quantitative estimate of drug-likeness (QED) is 0.460. The van der Waals surface area contributed by atoms with Gasteiger partial charge in [0.1, 0.15) is 5.75 Å². The lowest BCUT2D eigenvalue weighted by molar-refractivity contribution is 0.409. The first-order valence-corrected chi connectivity index (χ1v) is 11.8. The fraction of sp³-hybridized carbons (Fsp3) is 0.542. The number of fused-ring (bicyclic) bond motifs is 1. The minimum Gasteiger partial charge on any atom is -0.496 e. The van der Waals surface area contributed by atoms with Gasteiger partial charge in [0, 0.05) is 30.2 Å². The molecule has 33 heavy (non-hydrogen) atoms. The number of rotatable bonds is 7. The van der Waals surface area contributed by atoms with Crippen LogP contribution in [0.25, 0.3) is 11.2 Å². The van der Waals surface area contributed by atoms with Crippen LogP contribution in [0.5, 0.6) is 5.75 Å². The third kappa shape index (κ3) is 5.17. The first kappa shape index (κ1) is 23.6. The third-order valence-corrected chi connectivity index (χ3v) is 6.88. The lowest BCUT2D eigenvalue weighted by Gasteiger charge is -2.27. The van der Waals surface area contributed by atoms with E-state index in [4.69, 9.17) is 25.4 Å². The summed E-state index contributed by atoms with van der Waals surface area (Å²) in [4.78, 5) is 14.5. The second-order valence-electron chi connectivity index (χ2n) is 9.08. The first-order chi connectivity index (χ1) is 15.7. The van der Waals surface area contributed by atoms with Gasteiger partial charge in [0.05, 0.1) is 13.4 Å². The van der Waals surface area contributed by atoms with Gasteiger partial charge in [-0.3, -0.25) is 0 Å². The van der Waals surface area contributed by atoms with Gasteiger partial charge in [-0.15, -0.1) is 12.4 Å². The molecule has 9 heteroatoms. The molecular formula is C24H34ClN7O. The Morgan fingerprint density at radius 2 is 1.82 bits per heavy atom. The van der Waals surface area contributed by atoms with Crippen molar-refractivity contribution in [3.63, 3.8) is 0 Å². The molecule has 3 aromatic rings. The number of ether oxygens (including phenoxy) is 1. The summed E-state index contributed by atoms with van der Waals surface area (Å²) in [6.45, 7) is 0.601. The van der Waals surface area contributed by atoms with E-state index < -0.39 is 0 Å². The van der Waals surface area contributed by atoms with Crippen LogP contribution in [0, 0.1) is 0 Å². The fourth-order valence-electron chi connectivity index (χ4n) is 5.03. The van der Waals surface area contributed by atoms with Gasteiger partial charge >= 0.3 is 0 Å². The topological polar surface area (TPSA) is 103 Å². The van der Waals surface area contributed by atoms with Gasteiger partial charge in [0.25, 0.3) is 0 Å². The van der Waals surface area contributed by atoms with Gasteiger partial charge in [-0.2, -0.15) is 9.97 Å². The molecule has 0 amide bonds. The summed E-state index contributed by atoms with van der Waals surface area (Å²) >= 11 is 0. The Balaban J connectivity index is 0.00000259. The number of nitrogens with two attached hydrogens (primary N) is 1. The van der Waals surface area contributed by atoms with E-state index in [1.165, 1.54) is 25.7 Å². The van der Waals surface area contributed by atoms with E-state index >= 15 is 0 Å². The van der Waals surface area contributed by atoms with Crippen LogP contribution in [0.1, 0.15) is 63.0 Å². The summed E-state index contributed by atoms with van der Waals surface area (Å²) in [5.41, 5.74) is 8.90. The maximum Gasteiger partial charge on any atom is 0.227 e. The number of nitrogens with one attached hydrogen (secondary N) is 2. The Labute approximate surface area is 201 Å². The summed E-state index contributed by atoms with van der Waals surface area (Å²) in [7, 11) is 1.70. The Morgan fingerprint density at radius 1 is 1.06 bits per heavy atom. The fourth-order valence-corrected chi connectivity index (χ4v) is 5.03. The SMILES string of the molecule is COc1ccccc1CNc1nc(NC2CCC(N)CC2)nc2c1ncn2C1CCCC1.Cl. The zero-order chi connectivity index (χ0) is 21.9. The van der Waals surface area contributed by atoms with Crippen molar-refractivity contribution in [3.8, 4) is 5.75 Å². The average Bonchev–Trinajstić information content (AvgIpc) is 3.49. The lowest BCUT2D eigenvalue weighted by Crippen LogP contribution is -2.33. The van der Waals surface area contributed by atoms with Gasteiger partial charge < -0.3 is 25.7 Å². The van der Waals surface area contributed by atoms with Crippen molar-refractivity contribution >= 4 is 35.3 Å². The largest absolute Gasteiger partial charge is 0.496 e. The maximum absolute atomic E-state index is 6.09. The number of nitrogens with zero attached hydrogens (tertiary/aromatic N) is 4. The van der Waals surface area contributed by atoms with E-state index in [0.717, 1.165) is 54.0 Å². The summed E-state index contributed by atoms with van der Waals surface area (Å²) in [5, 5.41) is 7.08. The molecule has 0 bridgehead atoms. The number of hydrogen-bond acceptors (Lipinski definition) is 7.